The molecule has 0 aliphatic heterocycles. The molecule has 0 heterocycles. The summed E-state index contributed by atoms with van der Waals surface area (Å²) in [4.78, 5) is 0. The first kappa shape index (κ1) is 27.5. The van der Waals surface area contributed by atoms with E-state index in [2.05, 4.69) is 13.8 Å². The highest BCUT2D eigenvalue weighted by atomic mass is 19.2. The summed E-state index contributed by atoms with van der Waals surface area (Å²) in [5, 5.41) is 0. The van der Waals surface area contributed by atoms with Crippen molar-refractivity contribution in [3.8, 4) is 5.75 Å². The number of unbranched alkanes of at least 4 members (excludes halogenated alkanes) is 4. The Kier molecular flexibility index (Phi) is 12.2. The molecule has 1 aromatic carbocycles. The van der Waals surface area contributed by atoms with Gasteiger partial charge in [-0.25, -0.2) is 4.39 Å². The topological polar surface area (TPSA) is 9.23 Å². The van der Waals surface area contributed by atoms with Crippen molar-refractivity contribution in [1.29, 1.82) is 0 Å². The summed E-state index contributed by atoms with van der Waals surface area (Å²) in [7, 11) is 0. The van der Waals surface area contributed by atoms with Gasteiger partial charge in [-0.1, -0.05) is 110 Å². The lowest BCUT2D eigenvalue weighted by Gasteiger charge is -2.29. The van der Waals surface area contributed by atoms with Crippen LogP contribution in [0.4, 0.5) is 8.78 Å². The molecule has 0 aromatic heterocycles. The molecule has 194 valence electrons. The molecule has 2 saturated carbocycles. The smallest absolute Gasteiger partial charge is 0.200 e. The van der Waals surface area contributed by atoms with E-state index in [4.69, 9.17) is 4.74 Å². The molecule has 0 unspecified atom stereocenters. The van der Waals surface area contributed by atoms with E-state index in [-0.39, 0.29) is 5.75 Å². The van der Waals surface area contributed by atoms with Crippen LogP contribution in [0, 0.1) is 35.3 Å². The van der Waals surface area contributed by atoms with E-state index in [1.54, 1.807) is 12.1 Å². The van der Waals surface area contributed by atoms with Crippen LogP contribution in [0.15, 0.2) is 12.1 Å². The van der Waals surface area contributed by atoms with E-state index >= 15 is 0 Å². The molecular weight excluding hydrogens is 426 g/mol. The Morgan fingerprint density at radius 3 is 1.68 bits per heavy atom. The molecule has 2 fully saturated rings. The third kappa shape index (κ3) is 8.83. The normalized spacial score (nSPS) is 25.4. The van der Waals surface area contributed by atoms with Crippen molar-refractivity contribution in [1.82, 2.24) is 0 Å². The number of hydrogen-bond donors (Lipinski definition) is 0. The first-order chi connectivity index (χ1) is 16.6. The molecule has 0 N–H and O–H groups in total. The van der Waals surface area contributed by atoms with Gasteiger partial charge in [0.15, 0.2) is 11.6 Å². The van der Waals surface area contributed by atoms with Gasteiger partial charge in [-0.05, 0) is 61.0 Å². The number of aryl methyl sites for hydroxylation is 1. The Morgan fingerprint density at radius 1 is 0.647 bits per heavy atom. The Labute approximate surface area is 208 Å². The zero-order valence-corrected chi connectivity index (χ0v) is 22.1. The van der Waals surface area contributed by atoms with Crippen molar-refractivity contribution in [3.63, 3.8) is 0 Å². The van der Waals surface area contributed by atoms with E-state index in [1.165, 1.54) is 89.9 Å². The minimum absolute atomic E-state index is 0.0962. The summed E-state index contributed by atoms with van der Waals surface area (Å²) in [5.41, 5.74) is 0.516. The van der Waals surface area contributed by atoms with E-state index in [0.717, 1.165) is 31.1 Å². The second-order valence-electron chi connectivity index (χ2n) is 11.5. The van der Waals surface area contributed by atoms with Crippen LogP contribution in [-0.2, 0) is 6.42 Å². The van der Waals surface area contributed by atoms with Crippen LogP contribution >= 0.6 is 0 Å². The van der Waals surface area contributed by atoms with Gasteiger partial charge < -0.3 is 4.74 Å². The van der Waals surface area contributed by atoms with E-state index < -0.39 is 11.6 Å². The number of halogens is 2. The Balaban J connectivity index is 1.37. The molecule has 34 heavy (non-hydrogen) atoms. The van der Waals surface area contributed by atoms with Crippen LogP contribution in [0.2, 0.25) is 0 Å². The van der Waals surface area contributed by atoms with Gasteiger partial charge in [0.1, 0.15) is 0 Å². The Bertz CT molecular complexity index is 628. The maximum atomic E-state index is 14.8. The molecule has 1 nitrogen and oxygen atoms in total. The molecule has 0 radical (unpaired) electrons. The molecule has 0 atom stereocenters. The molecular formula is C31H50F2O. The zero-order valence-electron chi connectivity index (χ0n) is 22.1. The number of hydrogen-bond acceptors (Lipinski definition) is 1. The number of rotatable bonds is 14. The Morgan fingerprint density at radius 2 is 1.15 bits per heavy atom. The van der Waals surface area contributed by atoms with Crippen LogP contribution in [0.25, 0.3) is 0 Å². The van der Waals surface area contributed by atoms with Crippen molar-refractivity contribution in [2.24, 2.45) is 23.7 Å². The quantitative estimate of drug-likeness (QED) is 0.243. The van der Waals surface area contributed by atoms with Crippen molar-refractivity contribution < 1.29 is 13.5 Å². The van der Waals surface area contributed by atoms with Gasteiger partial charge in [0, 0.05) is 0 Å². The highest BCUT2D eigenvalue weighted by molar-refractivity contribution is 5.31. The van der Waals surface area contributed by atoms with Crippen LogP contribution < -0.4 is 4.74 Å². The van der Waals surface area contributed by atoms with E-state index in [0.29, 0.717) is 30.4 Å². The monoisotopic (exact) mass is 476 g/mol. The minimum atomic E-state index is -0.787. The maximum Gasteiger partial charge on any atom is 0.200 e. The Hall–Kier alpha value is -1.12. The first-order valence-electron chi connectivity index (χ1n) is 14.7. The molecule has 2 aliphatic rings. The third-order valence-electron chi connectivity index (χ3n) is 8.79. The largest absolute Gasteiger partial charge is 0.490 e. The van der Waals surface area contributed by atoms with E-state index in [1.807, 2.05) is 0 Å². The summed E-state index contributed by atoms with van der Waals surface area (Å²) in [6.07, 6.45) is 22.3. The van der Waals surface area contributed by atoms with Crippen molar-refractivity contribution in [2.75, 3.05) is 6.61 Å². The fourth-order valence-corrected chi connectivity index (χ4v) is 6.31. The third-order valence-corrected chi connectivity index (χ3v) is 8.79. The van der Waals surface area contributed by atoms with Crippen LogP contribution in [0.3, 0.4) is 0 Å². The van der Waals surface area contributed by atoms with Gasteiger partial charge in [0.2, 0.25) is 5.82 Å². The standard InChI is InChI=1S/C31H50F2O/c1-3-5-7-9-24-11-13-26(14-12-24)19-20-28-21-22-29(31(33)30(28)32)34-23-27-17-15-25(16-18-27)10-8-6-4-2/h21-22,24-27H,3-20,23H2,1-2H3. The van der Waals surface area contributed by atoms with E-state index in [9.17, 15) is 8.78 Å². The molecule has 0 bridgehead atoms. The van der Waals surface area contributed by atoms with Gasteiger partial charge in [-0.3, -0.25) is 0 Å². The minimum Gasteiger partial charge on any atom is -0.490 e. The lowest BCUT2D eigenvalue weighted by Crippen LogP contribution is -2.20. The molecule has 3 rings (SSSR count). The summed E-state index contributed by atoms with van der Waals surface area (Å²) < 4.78 is 35.3. The summed E-state index contributed by atoms with van der Waals surface area (Å²) in [5.74, 6) is 1.51. The number of benzene rings is 1. The molecule has 2 aliphatic carbocycles. The number of ether oxygens (including phenoxy) is 1. The lowest BCUT2D eigenvalue weighted by molar-refractivity contribution is 0.172. The molecule has 0 saturated heterocycles. The second-order valence-corrected chi connectivity index (χ2v) is 11.5. The highest BCUT2D eigenvalue weighted by Gasteiger charge is 2.24. The molecule has 3 heteroatoms. The van der Waals surface area contributed by atoms with Crippen molar-refractivity contribution in [2.45, 2.75) is 129 Å². The highest BCUT2D eigenvalue weighted by Crippen LogP contribution is 2.36. The van der Waals surface area contributed by atoms with Crippen LogP contribution in [0.5, 0.6) is 5.75 Å². The molecule has 0 amide bonds. The second kappa shape index (κ2) is 15.1. The summed E-state index contributed by atoms with van der Waals surface area (Å²) in [6, 6.07) is 3.42. The van der Waals surface area contributed by atoms with Crippen LogP contribution in [-0.4, -0.2) is 6.61 Å². The van der Waals surface area contributed by atoms with Gasteiger partial charge in [0.25, 0.3) is 0 Å². The van der Waals surface area contributed by atoms with Gasteiger partial charge in [-0.2, -0.15) is 4.39 Å². The van der Waals surface area contributed by atoms with Crippen LogP contribution in [0.1, 0.15) is 129 Å². The SMILES string of the molecule is CCCCCC1CCC(CCc2ccc(OCC3CCC(CCCCC)CC3)c(F)c2F)CC1. The fourth-order valence-electron chi connectivity index (χ4n) is 6.31. The van der Waals surface area contributed by atoms with Gasteiger partial charge in [0.05, 0.1) is 6.61 Å². The predicted octanol–water partition coefficient (Wildman–Crippen LogP) is 10.0. The average Bonchev–Trinajstić information content (AvgIpc) is 2.86. The summed E-state index contributed by atoms with van der Waals surface area (Å²) in [6.45, 7) is 5.03. The summed E-state index contributed by atoms with van der Waals surface area (Å²) >= 11 is 0. The maximum absolute atomic E-state index is 14.8. The lowest BCUT2D eigenvalue weighted by atomic mass is 9.78. The predicted molar refractivity (Wildman–Crippen MR) is 139 cm³/mol. The zero-order chi connectivity index (χ0) is 24.2. The first-order valence-corrected chi connectivity index (χ1v) is 14.7. The molecule has 0 spiro atoms. The fraction of sp³-hybridized carbons (Fsp3) is 0.806. The van der Waals surface area contributed by atoms with Crippen molar-refractivity contribution in [3.05, 3.63) is 29.3 Å². The van der Waals surface area contributed by atoms with Crippen molar-refractivity contribution >= 4 is 0 Å². The molecule has 1 aromatic rings. The van der Waals surface area contributed by atoms with Gasteiger partial charge >= 0.3 is 0 Å². The average molecular weight is 477 g/mol. The van der Waals surface area contributed by atoms with Gasteiger partial charge in [-0.15, -0.1) is 0 Å².